The molecule has 5 atom stereocenters. The predicted octanol–water partition coefficient (Wildman–Crippen LogP) is -1.15. The van der Waals surface area contributed by atoms with E-state index in [4.69, 9.17) is 0 Å². The minimum absolute atomic E-state index is 0.00738. The Hall–Kier alpha value is -2.26. The predicted molar refractivity (Wildman–Crippen MR) is 95.7 cm³/mol. The molecule has 140 valence electrons. The number of aliphatic hydroxyl groups is 1. The molecule has 0 saturated carbocycles. The number of carbonyl (C=O) groups excluding carboxylic acids is 3. The lowest BCUT2D eigenvalue weighted by Gasteiger charge is -2.38. The van der Waals surface area contributed by atoms with E-state index >= 15 is 0 Å². The largest absolute Gasteiger partial charge is 0.375 e. The summed E-state index contributed by atoms with van der Waals surface area (Å²) in [5, 5.41) is 16.4. The van der Waals surface area contributed by atoms with Crippen molar-refractivity contribution in [2.24, 2.45) is 5.92 Å². The monoisotopic (exact) mass is 379 g/mol. The molecule has 0 unspecified atom stereocenters. The second kappa shape index (κ2) is 6.48. The van der Waals surface area contributed by atoms with Gasteiger partial charge in [0.1, 0.15) is 12.1 Å². The molecule has 26 heavy (non-hydrogen) atoms. The van der Waals surface area contributed by atoms with Crippen LogP contribution in [0.3, 0.4) is 0 Å². The van der Waals surface area contributed by atoms with Gasteiger partial charge in [-0.25, -0.2) is 0 Å². The molecule has 0 aromatic heterocycles. The smallest absolute Gasteiger partial charge is 0.263 e. The fourth-order valence-corrected chi connectivity index (χ4v) is 4.30. The second-order valence-electron chi connectivity index (χ2n) is 6.72. The molecule has 3 amide bonds. The zero-order valence-electron chi connectivity index (χ0n) is 14.7. The average Bonchev–Trinajstić information content (AvgIpc) is 2.80. The van der Waals surface area contributed by atoms with E-state index in [1.54, 1.807) is 38.2 Å². The van der Waals surface area contributed by atoms with Crippen LogP contribution in [-0.2, 0) is 30.8 Å². The number of anilines is 1. The highest BCUT2D eigenvalue weighted by molar-refractivity contribution is 7.84. The summed E-state index contributed by atoms with van der Waals surface area (Å²) in [6.45, 7) is 1.55. The van der Waals surface area contributed by atoms with Crippen LogP contribution in [0.15, 0.2) is 24.3 Å². The number of hydrogen-bond donors (Lipinski definition) is 3. The zero-order valence-corrected chi connectivity index (χ0v) is 15.5. The number of nitrogens with zero attached hydrogens (tertiary/aromatic N) is 1. The maximum absolute atomic E-state index is 12.8. The van der Waals surface area contributed by atoms with E-state index in [-0.39, 0.29) is 5.75 Å². The number of benzene rings is 1. The maximum atomic E-state index is 12.8. The molecule has 3 N–H and O–H groups in total. The number of para-hydroxylation sites is 1. The van der Waals surface area contributed by atoms with Crippen molar-refractivity contribution in [2.45, 2.75) is 24.6 Å². The third-order valence-electron chi connectivity index (χ3n) is 5.08. The standard InChI is InChI=1S/C17H21N3O5S/c1-9(13-15(22)18-11(8-26(3)25)14(21)19-13)17(24)10-6-4-5-7-12(10)20(2)16(17)23/h4-7,9,11,13,24H,8H2,1-3H3,(H,18,22)(H,19,21)/t9-,11+,13+,17-,26+/m1/s1. The molecule has 8 nitrogen and oxygen atoms in total. The van der Waals surface area contributed by atoms with Crippen molar-refractivity contribution >= 4 is 34.2 Å². The highest BCUT2D eigenvalue weighted by Gasteiger charge is 2.56. The molecule has 3 rings (SSSR count). The van der Waals surface area contributed by atoms with Crippen molar-refractivity contribution in [3.8, 4) is 0 Å². The van der Waals surface area contributed by atoms with Gasteiger partial charge in [0.25, 0.3) is 5.91 Å². The van der Waals surface area contributed by atoms with Crippen molar-refractivity contribution < 1.29 is 23.7 Å². The van der Waals surface area contributed by atoms with Gasteiger partial charge >= 0.3 is 0 Å². The van der Waals surface area contributed by atoms with Crippen molar-refractivity contribution in [3.05, 3.63) is 29.8 Å². The van der Waals surface area contributed by atoms with E-state index in [0.29, 0.717) is 11.3 Å². The molecule has 9 heteroatoms. The van der Waals surface area contributed by atoms with Crippen LogP contribution in [0, 0.1) is 5.92 Å². The third kappa shape index (κ3) is 2.71. The Kier molecular flexibility index (Phi) is 4.61. The number of carbonyl (C=O) groups is 3. The number of nitrogens with one attached hydrogen (secondary N) is 2. The molecule has 1 saturated heterocycles. The zero-order chi connectivity index (χ0) is 19.2. The van der Waals surface area contributed by atoms with Gasteiger partial charge in [0, 0.05) is 35.6 Å². The van der Waals surface area contributed by atoms with E-state index in [2.05, 4.69) is 10.6 Å². The van der Waals surface area contributed by atoms with Crippen LogP contribution in [0.1, 0.15) is 12.5 Å². The average molecular weight is 379 g/mol. The molecule has 0 radical (unpaired) electrons. The van der Waals surface area contributed by atoms with Crippen molar-refractivity contribution in [3.63, 3.8) is 0 Å². The fraction of sp³-hybridized carbons (Fsp3) is 0.471. The van der Waals surface area contributed by atoms with Gasteiger partial charge in [-0.3, -0.25) is 18.6 Å². The lowest BCUT2D eigenvalue weighted by atomic mass is 9.78. The summed E-state index contributed by atoms with van der Waals surface area (Å²) < 4.78 is 11.3. The van der Waals surface area contributed by atoms with E-state index in [9.17, 15) is 23.7 Å². The molecule has 2 aliphatic heterocycles. The van der Waals surface area contributed by atoms with Crippen LogP contribution in [-0.4, -0.2) is 58.2 Å². The Labute approximate surface area is 153 Å². The molecular formula is C17H21N3O5S. The van der Waals surface area contributed by atoms with Gasteiger partial charge in [-0.05, 0) is 6.07 Å². The van der Waals surface area contributed by atoms with Gasteiger partial charge < -0.3 is 20.6 Å². The van der Waals surface area contributed by atoms with E-state index in [0.717, 1.165) is 0 Å². The van der Waals surface area contributed by atoms with Crippen LogP contribution in [0.5, 0.6) is 0 Å². The van der Waals surface area contributed by atoms with Crippen LogP contribution in [0.2, 0.25) is 0 Å². The van der Waals surface area contributed by atoms with Gasteiger partial charge in [0.05, 0.1) is 11.4 Å². The molecule has 0 bridgehead atoms. The normalized spacial score (nSPS) is 30.5. The second-order valence-corrected chi connectivity index (χ2v) is 8.20. The summed E-state index contributed by atoms with van der Waals surface area (Å²) in [5.41, 5.74) is -0.964. The van der Waals surface area contributed by atoms with Crippen molar-refractivity contribution in [2.75, 3.05) is 24.0 Å². The van der Waals surface area contributed by atoms with Gasteiger partial charge in [0.2, 0.25) is 11.8 Å². The van der Waals surface area contributed by atoms with Crippen LogP contribution < -0.4 is 15.5 Å². The molecule has 2 aliphatic rings. The Balaban J connectivity index is 1.91. The molecule has 0 spiro atoms. The van der Waals surface area contributed by atoms with Crippen molar-refractivity contribution in [1.82, 2.24) is 10.6 Å². The topological polar surface area (TPSA) is 116 Å². The number of hydrogen-bond acceptors (Lipinski definition) is 5. The Bertz CT molecular complexity index is 813. The molecule has 1 aromatic rings. The quantitative estimate of drug-likeness (QED) is 0.611. The lowest BCUT2D eigenvalue weighted by molar-refractivity contribution is -0.149. The maximum Gasteiger partial charge on any atom is 0.263 e. The Morgan fingerprint density at radius 1 is 1.23 bits per heavy atom. The number of likely N-dealkylation sites (N-methyl/N-ethyl adjacent to an activating group) is 1. The summed E-state index contributed by atoms with van der Waals surface area (Å²) in [7, 11) is 0.297. The summed E-state index contributed by atoms with van der Waals surface area (Å²) in [5.74, 6) is -2.44. The first-order valence-corrected chi connectivity index (χ1v) is 9.91. The molecule has 2 heterocycles. The van der Waals surface area contributed by atoms with Gasteiger partial charge in [-0.15, -0.1) is 0 Å². The molecule has 1 fully saturated rings. The van der Waals surface area contributed by atoms with E-state index in [1.165, 1.54) is 11.2 Å². The minimum atomic E-state index is -1.93. The fourth-order valence-electron chi connectivity index (χ4n) is 3.60. The summed E-state index contributed by atoms with van der Waals surface area (Å²) in [6.07, 6.45) is 1.45. The first kappa shape index (κ1) is 18.5. The lowest BCUT2D eigenvalue weighted by Crippen LogP contribution is -2.67. The number of fused-ring (bicyclic) bond motifs is 1. The first-order valence-electron chi connectivity index (χ1n) is 8.18. The number of piperazine rings is 1. The summed E-state index contributed by atoms with van der Waals surface area (Å²) >= 11 is 0. The Morgan fingerprint density at radius 2 is 1.88 bits per heavy atom. The highest BCUT2D eigenvalue weighted by Crippen LogP contribution is 2.45. The van der Waals surface area contributed by atoms with Gasteiger partial charge in [-0.2, -0.15) is 0 Å². The van der Waals surface area contributed by atoms with Crippen LogP contribution in [0.4, 0.5) is 5.69 Å². The third-order valence-corrected chi connectivity index (χ3v) is 5.88. The van der Waals surface area contributed by atoms with Crippen LogP contribution >= 0.6 is 0 Å². The van der Waals surface area contributed by atoms with Gasteiger partial charge in [-0.1, -0.05) is 25.1 Å². The SMILES string of the molecule is C[C@H]([C@@H]1NC(=O)[C@H](C[S@](C)=O)NC1=O)[C@]1(O)C(=O)N(C)c2ccccc21. The highest BCUT2D eigenvalue weighted by atomic mass is 32.2. The molecular weight excluding hydrogens is 358 g/mol. The summed E-state index contributed by atoms with van der Waals surface area (Å²) in [4.78, 5) is 38.9. The van der Waals surface area contributed by atoms with Crippen LogP contribution in [0.25, 0.3) is 0 Å². The summed E-state index contributed by atoms with van der Waals surface area (Å²) in [6, 6.07) is 4.83. The Morgan fingerprint density at radius 3 is 2.54 bits per heavy atom. The van der Waals surface area contributed by atoms with Crippen molar-refractivity contribution in [1.29, 1.82) is 0 Å². The van der Waals surface area contributed by atoms with E-state index < -0.39 is 52.1 Å². The van der Waals surface area contributed by atoms with Gasteiger partial charge in [0.15, 0.2) is 5.60 Å². The first-order chi connectivity index (χ1) is 12.2. The number of rotatable bonds is 4. The number of amides is 3. The van der Waals surface area contributed by atoms with E-state index in [1.807, 2.05) is 0 Å². The molecule has 1 aromatic carbocycles. The minimum Gasteiger partial charge on any atom is -0.375 e. The molecule has 0 aliphatic carbocycles.